The van der Waals surface area contributed by atoms with Crippen molar-refractivity contribution in [2.45, 2.75) is 6.42 Å². The number of anilines is 1. The maximum atomic E-state index is 13.7. The number of para-hydroxylation sites is 1. The zero-order valence-electron chi connectivity index (χ0n) is 12.6. The molecule has 0 radical (unpaired) electrons. The minimum atomic E-state index is -0.376. The first kappa shape index (κ1) is 14.8. The fourth-order valence-corrected chi connectivity index (χ4v) is 3.56. The molecule has 5 heteroatoms. The maximum Gasteiger partial charge on any atom is 0.230 e. The van der Waals surface area contributed by atoms with Gasteiger partial charge in [-0.15, -0.1) is 0 Å². The summed E-state index contributed by atoms with van der Waals surface area (Å²) in [4.78, 5) is 16.4. The van der Waals surface area contributed by atoms with E-state index in [1.165, 1.54) is 17.4 Å². The highest BCUT2D eigenvalue weighted by atomic mass is 32.1. The van der Waals surface area contributed by atoms with Gasteiger partial charge in [0, 0.05) is 0 Å². The van der Waals surface area contributed by atoms with Gasteiger partial charge in [0.1, 0.15) is 11.3 Å². The molecule has 3 aromatic carbocycles. The largest absolute Gasteiger partial charge is 0.302 e. The number of aromatic nitrogens is 1. The van der Waals surface area contributed by atoms with E-state index in [4.69, 9.17) is 0 Å². The number of amides is 1. The molecule has 0 fully saturated rings. The molecule has 0 aliphatic heterocycles. The predicted octanol–water partition coefficient (Wildman–Crippen LogP) is 4.77. The Morgan fingerprint density at radius 1 is 1.04 bits per heavy atom. The van der Waals surface area contributed by atoms with Crippen LogP contribution in [-0.2, 0) is 11.2 Å². The molecule has 1 N–H and O–H groups in total. The van der Waals surface area contributed by atoms with Crippen molar-refractivity contribution in [3.05, 3.63) is 72.0 Å². The fourth-order valence-electron chi connectivity index (χ4n) is 2.67. The highest BCUT2D eigenvalue weighted by Crippen LogP contribution is 2.27. The fraction of sp³-hybridized carbons (Fsp3) is 0.0526. The molecule has 0 saturated heterocycles. The Hall–Kier alpha value is -2.79. The van der Waals surface area contributed by atoms with Crippen LogP contribution < -0.4 is 5.32 Å². The van der Waals surface area contributed by atoms with E-state index in [9.17, 15) is 9.18 Å². The molecule has 0 atom stereocenters. The number of nitrogens with zero attached hydrogens (tertiary/aromatic N) is 1. The lowest BCUT2D eigenvalue weighted by Gasteiger charge is -2.04. The van der Waals surface area contributed by atoms with E-state index in [1.54, 1.807) is 12.1 Å². The van der Waals surface area contributed by atoms with Gasteiger partial charge in [0.15, 0.2) is 5.13 Å². The van der Waals surface area contributed by atoms with Gasteiger partial charge in [-0.2, -0.15) is 0 Å². The SMILES string of the molecule is O=C(Cc1ccc2ccccc2c1)Nc1nc2c(F)cccc2s1. The molecule has 0 unspecified atom stereocenters. The Morgan fingerprint density at radius 2 is 1.88 bits per heavy atom. The van der Waals surface area contributed by atoms with Crippen LogP contribution in [0.4, 0.5) is 9.52 Å². The Balaban J connectivity index is 1.53. The second-order valence-electron chi connectivity index (χ2n) is 5.51. The van der Waals surface area contributed by atoms with Crippen molar-refractivity contribution >= 4 is 43.4 Å². The summed E-state index contributed by atoms with van der Waals surface area (Å²) < 4.78 is 14.4. The van der Waals surface area contributed by atoms with Crippen LogP contribution in [0.5, 0.6) is 0 Å². The number of rotatable bonds is 3. The molecule has 1 aromatic heterocycles. The number of benzene rings is 3. The molecule has 3 nitrogen and oxygen atoms in total. The van der Waals surface area contributed by atoms with E-state index < -0.39 is 0 Å². The van der Waals surface area contributed by atoms with Crippen molar-refractivity contribution in [1.82, 2.24) is 4.98 Å². The number of halogens is 1. The first-order valence-electron chi connectivity index (χ1n) is 7.52. The number of thiazole rings is 1. The van der Waals surface area contributed by atoms with Gasteiger partial charge >= 0.3 is 0 Å². The van der Waals surface area contributed by atoms with Crippen LogP contribution in [0.3, 0.4) is 0 Å². The summed E-state index contributed by atoms with van der Waals surface area (Å²) in [5, 5.41) is 5.42. The van der Waals surface area contributed by atoms with Gasteiger partial charge in [0.25, 0.3) is 0 Å². The minimum absolute atomic E-state index is 0.162. The highest BCUT2D eigenvalue weighted by molar-refractivity contribution is 7.22. The predicted molar refractivity (Wildman–Crippen MR) is 95.9 cm³/mol. The second kappa shape index (κ2) is 6.02. The number of nitrogens with one attached hydrogen (secondary N) is 1. The normalized spacial score (nSPS) is 11.0. The Kier molecular flexibility index (Phi) is 3.70. The molecule has 4 aromatic rings. The average molecular weight is 336 g/mol. The third-order valence-electron chi connectivity index (χ3n) is 3.79. The standard InChI is InChI=1S/C19H13FN2OS/c20-15-6-3-7-16-18(15)22-19(24-16)21-17(23)11-12-8-9-13-4-1-2-5-14(13)10-12/h1-10H,11H2,(H,21,22,23). The maximum absolute atomic E-state index is 13.7. The van der Waals surface area contributed by atoms with Crippen molar-refractivity contribution < 1.29 is 9.18 Å². The van der Waals surface area contributed by atoms with Crippen molar-refractivity contribution in [2.75, 3.05) is 5.32 Å². The Labute approximate surface area is 141 Å². The molecule has 0 spiro atoms. The van der Waals surface area contributed by atoms with E-state index >= 15 is 0 Å². The van der Waals surface area contributed by atoms with Gasteiger partial charge in [-0.25, -0.2) is 9.37 Å². The summed E-state index contributed by atoms with van der Waals surface area (Å²) in [5.41, 5.74) is 1.22. The summed E-state index contributed by atoms with van der Waals surface area (Å²) in [5.74, 6) is -0.538. The van der Waals surface area contributed by atoms with Crippen molar-refractivity contribution in [1.29, 1.82) is 0 Å². The summed E-state index contributed by atoms with van der Waals surface area (Å²) >= 11 is 1.27. The van der Waals surface area contributed by atoms with Crippen molar-refractivity contribution in [2.24, 2.45) is 0 Å². The molecule has 0 aliphatic rings. The van der Waals surface area contributed by atoms with Crippen LogP contribution in [-0.4, -0.2) is 10.9 Å². The lowest BCUT2D eigenvalue weighted by Crippen LogP contribution is -2.14. The van der Waals surface area contributed by atoms with Gasteiger partial charge in [-0.05, 0) is 28.5 Å². The highest BCUT2D eigenvalue weighted by Gasteiger charge is 2.11. The number of fused-ring (bicyclic) bond motifs is 2. The third kappa shape index (κ3) is 2.86. The first-order valence-corrected chi connectivity index (χ1v) is 8.33. The van der Waals surface area contributed by atoms with Crippen LogP contribution in [0.2, 0.25) is 0 Å². The molecule has 0 saturated carbocycles. The quantitative estimate of drug-likeness (QED) is 0.585. The molecule has 24 heavy (non-hydrogen) atoms. The van der Waals surface area contributed by atoms with E-state index in [0.717, 1.165) is 21.0 Å². The average Bonchev–Trinajstić information content (AvgIpc) is 2.98. The van der Waals surface area contributed by atoms with E-state index in [2.05, 4.69) is 10.3 Å². The lowest BCUT2D eigenvalue weighted by molar-refractivity contribution is -0.115. The van der Waals surface area contributed by atoms with Crippen LogP contribution in [0, 0.1) is 5.82 Å². The zero-order chi connectivity index (χ0) is 16.5. The minimum Gasteiger partial charge on any atom is -0.302 e. The Bertz CT molecular complexity index is 1060. The zero-order valence-corrected chi connectivity index (χ0v) is 13.4. The molecule has 0 bridgehead atoms. The van der Waals surface area contributed by atoms with E-state index in [1.807, 2.05) is 42.5 Å². The van der Waals surface area contributed by atoms with E-state index in [-0.39, 0.29) is 18.1 Å². The van der Waals surface area contributed by atoms with Crippen LogP contribution in [0.25, 0.3) is 21.0 Å². The summed E-state index contributed by atoms with van der Waals surface area (Å²) in [6, 6.07) is 18.8. The molecule has 4 rings (SSSR count). The molecular formula is C19H13FN2OS. The van der Waals surface area contributed by atoms with Gasteiger partial charge in [-0.1, -0.05) is 59.9 Å². The first-order chi connectivity index (χ1) is 11.7. The lowest BCUT2D eigenvalue weighted by atomic mass is 10.1. The summed E-state index contributed by atoms with van der Waals surface area (Å²) in [6.45, 7) is 0. The number of hydrogen-bond donors (Lipinski definition) is 1. The summed E-state index contributed by atoms with van der Waals surface area (Å²) in [6.07, 6.45) is 0.253. The monoisotopic (exact) mass is 336 g/mol. The van der Waals surface area contributed by atoms with Crippen LogP contribution >= 0.6 is 11.3 Å². The van der Waals surface area contributed by atoms with Crippen LogP contribution in [0.15, 0.2) is 60.7 Å². The van der Waals surface area contributed by atoms with Crippen molar-refractivity contribution in [3.63, 3.8) is 0 Å². The number of carbonyl (C=O) groups excluding carboxylic acids is 1. The molecule has 118 valence electrons. The Morgan fingerprint density at radius 3 is 2.71 bits per heavy atom. The molecule has 0 aliphatic carbocycles. The van der Waals surface area contributed by atoms with Crippen molar-refractivity contribution in [3.8, 4) is 0 Å². The number of hydrogen-bond acceptors (Lipinski definition) is 3. The molecule has 1 heterocycles. The topological polar surface area (TPSA) is 42.0 Å². The smallest absolute Gasteiger partial charge is 0.230 e. The van der Waals surface area contributed by atoms with Gasteiger partial charge in [0.2, 0.25) is 5.91 Å². The molecule has 1 amide bonds. The summed E-state index contributed by atoms with van der Waals surface area (Å²) in [7, 11) is 0. The third-order valence-corrected chi connectivity index (χ3v) is 4.73. The molecular weight excluding hydrogens is 323 g/mol. The second-order valence-corrected chi connectivity index (χ2v) is 6.54. The number of carbonyl (C=O) groups is 1. The van der Waals surface area contributed by atoms with Crippen LogP contribution in [0.1, 0.15) is 5.56 Å². The van der Waals surface area contributed by atoms with E-state index in [0.29, 0.717) is 10.6 Å². The van der Waals surface area contributed by atoms with Gasteiger partial charge in [0.05, 0.1) is 11.1 Å². The van der Waals surface area contributed by atoms with Gasteiger partial charge < -0.3 is 5.32 Å². The van der Waals surface area contributed by atoms with Gasteiger partial charge in [-0.3, -0.25) is 4.79 Å².